The highest BCUT2D eigenvalue weighted by Gasteiger charge is 2.29. The summed E-state index contributed by atoms with van der Waals surface area (Å²) in [6, 6.07) is 0. The maximum absolute atomic E-state index is 13.3. The molecule has 102 valence electrons. The Labute approximate surface area is 106 Å². The van der Waals surface area contributed by atoms with E-state index in [4.69, 9.17) is 15.6 Å². The third-order valence-electron chi connectivity index (χ3n) is 2.55. The number of nitrogens with zero attached hydrogens (tertiary/aromatic N) is 2. The van der Waals surface area contributed by atoms with E-state index in [9.17, 15) is 14.0 Å². The molecule has 1 aliphatic heterocycles. The van der Waals surface area contributed by atoms with Crippen LogP contribution in [-0.4, -0.2) is 33.8 Å². The van der Waals surface area contributed by atoms with Gasteiger partial charge in [0.1, 0.15) is 17.6 Å². The highest BCUT2D eigenvalue weighted by Crippen LogP contribution is 2.27. The SMILES string of the molecule is Nc1nc(=O)n([C@H]2C=C(F)[C@@H](CO)O2)cc1NC=O. The highest BCUT2D eigenvalue weighted by molar-refractivity contribution is 5.76. The number of nitrogens with one attached hydrogen (secondary N) is 1. The van der Waals surface area contributed by atoms with Crippen molar-refractivity contribution in [2.45, 2.75) is 12.3 Å². The van der Waals surface area contributed by atoms with Crippen molar-refractivity contribution in [2.75, 3.05) is 17.7 Å². The lowest BCUT2D eigenvalue weighted by molar-refractivity contribution is -0.105. The molecule has 9 heteroatoms. The van der Waals surface area contributed by atoms with Gasteiger partial charge in [0.25, 0.3) is 0 Å². The van der Waals surface area contributed by atoms with Gasteiger partial charge in [0, 0.05) is 6.20 Å². The second-order valence-corrected chi connectivity index (χ2v) is 3.74. The Morgan fingerprint density at radius 2 is 2.42 bits per heavy atom. The van der Waals surface area contributed by atoms with Crippen LogP contribution in [-0.2, 0) is 9.53 Å². The van der Waals surface area contributed by atoms with E-state index < -0.39 is 30.5 Å². The topological polar surface area (TPSA) is 119 Å². The van der Waals surface area contributed by atoms with Gasteiger partial charge in [0.2, 0.25) is 6.41 Å². The van der Waals surface area contributed by atoms with Gasteiger partial charge in [-0.1, -0.05) is 0 Å². The lowest BCUT2D eigenvalue weighted by Crippen LogP contribution is -2.29. The maximum Gasteiger partial charge on any atom is 0.352 e. The van der Waals surface area contributed by atoms with Crippen LogP contribution in [0, 0.1) is 0 Å². The number of halogens is 1. The Hall–Kier alpha value is -2.26. The summed E-state index contributed by atoms with van der Waals surface area (Å²) in [4.78, 5) is 25.5. The first-order valence-corrected chi connectivity index (χ1v) is 5.29. The van der Waals surface area contributed by atoms with E-state index in [0.29, 0.717) is 6.41 Å². The quantitative estimate of drug-likeness (QED) is 0.612. The molecular weight excluding hydrogens is 259 g/mol. The molecule has 0 fully saturated rings. The number of carbonyl (C=O) groups is 1. The fourth-order valence-corrected chi connectivity index (χ4v) is 1.63. The minimum absolute atomic E-state index is 0.0967. The van der Waals surface area contributed by atoms with Crippen molar-refractivity contribution in [2.24, 2.45) is 0 Å². The molecule has 1 aromatic heterocycles. The number of carbonyl (C=O) groups excluding carboxylic acids is 1. The molecule has 4 N–H and O–H groups in total. The summed E-state index contributed by atoms with van der Waals surface area (Å²) in [6.45, 7) is -0.546. The van der Waals surface area contributed by atoms with E-state index in [2.05, 4.69) is 10.3 Å². The van der Waals surface area contributed by atoms with Gasteiger partial charge < -0.3 is 20.9 Å². The minimum atomic E-state index is -1.11. The van der Waals surface area contributed by atoms with Crippen molar-refractivity contribution >= 4 is 17.9 Å². The number of nitrogens with two attached hydrogens (primary N) is 1. The van der Waals surface area contributed by atoms with E-state index in [1.165, 1.54) is 6.20 Å². The molecule has 2 atom stereocenters. The summed E-state index contributed by atoms with van der Waals surface area (Å²) < 4.78 is 19.4. The smallest absolute Gasteiger partial charge is 0.352 e. The first-order chi connectivity index (χ1) is 9.06. The predicted octanol–water partition coefficient (Wildman–Crippen LogP) is -0.863. The zero-order valence-electron chi connectivity index (χ0n) is 9.62. The van der Waals surface area contributed by atoms with E-state index in [1.807, 2.05) is 0 Å². The number of amides is 1. The van der Waals surface area contributed by atoms with Gasteiger partial charge in [-0.05, 0) is 6.08 Å². The second kappa shape index (κ2) is 5.16. The van der Waals surface area contributed by atoms with Crippen LogP contribution in [0.15, 0.2) is 22.9 Å². The largest absolute Gasteiger partial charge is 0.393 e. The molecule has 1 amide bonds. The molecule has 0 aliphatic carbocycles. The molecule has 2 heterocycles. The number of aliphatic hydroxyl groups is 1. The second-order valence-electron chi connectivity index (χ2n) is 3.74. The van der Waals surface area contributed by atoms with Gasteiger partial charge in [-0.3, -0.25) is 9.36 Å². The molecule has 19 heavy (non-hydrogen) atoms. The van der Waals surface area contributed by atoms with Crippen molar-refractivity contribution in [1.82, 2.24) is 9.55 Å². The summed E-state index contributed by atoms with van der Waals surface area (Å²) in [5.41, 5.74) is 4.77. The van der Waals surface area contributed by atoms with Crippen LogP contribution in [0.1, 0.15) is 6.23 Å². The van der Waals surface area contributed by atoms with Gasteiger partial charge in [0.15, 0.2) is 12.0 Å². The van der Waals surface area contributed by atoms with Crippen LogP contribution in [0.4, 0.5) is 15.9 Å². The molecule has 0 spiro atoms. The number of aromatic nitrogens is 2. The van der Waals surface area contributed by atoms with Crippen molar-refractivity contribution in [3.05, 3.63) is 28.6 Å². The van der Waals surface area contributed by atoms with Crippen LogP contribution in [0.3, 0.4) is 0 Å². The first-order valence-electron chi connectivity index (χ1n) is 5.29. The molecule has 2 rings (SSSR count). The number of hydrogen-bond acceptors (Lipinski definition) is 6. The number of rotatable bonds is 4. The van der Waals surface area contributed by atoms with Crippen LogP contribution >= 0.6 is 0 Å². The third kappa shape index (κ3) is 2.46. The van der Waals surface area contributed by atoms with Crippen molar-refractivity contribution in [3.63, 3.8) is 0 Å². The van der Waals surface area contributed by atoms with Gasteiger partial charge in [0.05, 0.1) is 6.61 Å². The number of aliphatic hydroxyl groups excluding tert-OH is 1. The molecule has 0 radical (unpaired) electrons. The summed E-state index contributed by atoms with van der Waals surface area (Å²) in [5.74, 6) is -0.837. The van der Waals surface area contributed by atoms with Crippen LogP contribution in [0.25, 0.3) is 0 Å². The standard InChI is InChI=1S/C10H11FN4O4/c11-5-1-8(19-7(5)3-16)15-2-6(13-4-17)9(12)14-10(15)18/h1-2,4,7-8,16H,3H2,(H,13,17)(H2,12,14,18)/t7-,8-/m1/s1. The molecule has 0 unspecified atom stereocenters. The predicted molar refractivity (Wildman–Crippen MR) is 62.8 cm³/mol. The zero-order valence-corrected chi connectivity index (χ0v) is 9.62. The Balaban J connectivity index is 2.38. The Morgan fingerprint density at radius 1 is 1.68 bits per heavy atom. The summed E-state index contributed by atoms with van der Waals surface area (Å²) in [5, 5.41) is 11.1. The lowest BCUT2D eigenvalue weighted by Gasteiger charge is -2.15. The van der Waals surface area contributed by atoms with Crippen LogP contribution < -0.4 is 16.7 Å². The molecule has 0 bridgehead atoms. The molecular formula is C10H11FN4O4. The van der Waals surface area contributed by atoms with Crippen molar-refractivity contribution < 1.29 is 19.0 Å². The Morgan fingerprint density at radius 3 is 3.00 bits per heavy atom. The minimum Gasteiger partial charge on any atom is -0.393 e. The Bertz CT molecular complexity index is 585. The summed E-state index contributed by atoms with van der Waals surface area (Å²) in [7, 11) is 0. The number of anilines is 2. The molecule has 1 aliphatic rings. The third-order valence-corrected chi connectivity index (χ3v) is 2.55. The molecule has 0 aromatic carbocycles. The maximum atomic E-state index is 13.3. The van der Waals surface area contributed by atoms with Gasteiger partial charge in [-0.25, -0.2) is 9.18 Å². The number of nitrogen functional groups attached to an aromatic ring is 1. The van der Waals surface area contributed by atoms with Gasteiger partial charge in [-0.15, -0.1) is 0 Å². The average Bonchev–Trinajstić information content (AvgIpc) is 2.74. The van der Waals surface area contributed by atoms with Crippen LogP contribution in [0.5, 0.6) is 0 Å². The summed E-state index contributed by atoms with van der Waals surface area (Å²) in [6.07, 6.45) is 0.421. The fourth-order valence-electron chi connectivity index (χ4n) is 1.63. The fraction of sp³-hybridized carbons (Fsp3) is 0.300. The van der Waals surface area contributed by atoms with Gasteiger partial charge >= 0.3 is 5.69 Å². The highest BCUT2D eigenvalue weighted by atomic mass is 19.1. The molecule has 8 nitrogen and oxygen atoms in total. The van der Waals surface area contributed by atoms with Crippen molar-refractivity contribution in [1.29, 1.82) is 0 Å². The monoisotopic (exact) mass is 270 g/mol. The van der Waals surface area contributed by atoms with E-state index >= 15 is 0 Å². The number of ether oxygens (including phenoxy) is 1. The number of hydrogen-bond donors (Lipinski definition) is 3. The first kappa shape index (κ1) is 13.2. The molecule has 0 saturated heterocycles. The van der Waals surface area contributed by atoms with E-state index in [-0.39, 0.29) is 11.5 Å². The van der Waals surface area contributed by atoms with E-state index in [0.717, 1.165) is 10.6 Å². The Kier molecular flexibility index (Phi) is 3.58. The average molecular weight is 270 g/mol. The lowest BCUT2D eigenvalue weighted by atomic mass is 10.3. The van der Waals surface area contributed by atoms with Gasteiger partial charge in [-0.2, -0.15) is 4.98 Å². The molecule has 1 aromatic rings. The summed E-state index contributed by atoms with van der Waals surface area (Å²) >= 11 is 0. The van der Waals surface area contributed by atoms with E-state index in [1.54, 1.807) is 0 Å². The molecule has 0 saturated carbocycles. The normalized spacial score (nSPS) is 22.1. The van der Waals surface area contributed by atoms with Crippen molar-refractivity contribution in [3.8, 4) is 0 Å². The zero-order chi connectivity index (χ0) is 14.0. The van der Waals surface area contributed by atoms with Crippen LogP contribution in [0.2, 0.25) is 0 Å².